The Labute approximate surface area is 148 Å². The molecule has 0 aliphatic rings. The zero-order chi connectivity index (χ0) is 17.0. The average Bonchev–Trinajstić information content (AvgIpc) is 2.55. The van der Waals surface area contributed by atoms with Crippen molar-refractivity contribution in [3.63, 3.8) is 0 Å². The number of nitrogens with zero attached hydrogens (tertiary/aromatic N) is 1. The highest BCUT2D eigenvalue weighted by atomic mass is 127. The number of rotatable bonds is 5. The summed E-state index contributed by atoms with van der Waals surface area (Å²) in [5.41, 5.74) is 0.959. The highest BCUT2D eigenvalue weighted by Crippen LogP contribution is 2.32. The lowest BCUT2D eigenvalue weighted by Gasteiger charge is -2.19. The van der Waals surface area contributed by atoms with Crippen LogP contribution in [0.15, 0.2) is 36.4 Å². The number of benzene rings is 2. The van der Waals surface area contributed by atoms with E-state index in [1.807, 2.05) is 0 Å². The van der Waals surface area contributed by atoms with E-state index in [1.54, 1.807) is 44.5 Å². The van der Waals surface area contributed by atoms with Crippen LogP contribution in [0.25, 0.3) is 0 Å². The van der Waals surface area contributed by atoms with Crippen molar-refractivity contribution in [2.75, 3.05) is 21.3 Å². The Balaban J connectivity index is 2.27. The fraction of sp³-hybridized carbons (Fsp3) is 0.235. The van der Waals surface area contributed by atoms with Gasteiger partial charge in [-0.2, -0.15) is 0 Å². The molecule has 23 heavy (non-hydrogen) atoms. The summed E-state index contributed by atoms with van der Waals surface area (Å²) in [4.78, 5) is 14.1. The van der Waals surface area contributed by atoms with Gasteiger partial charge in [0.2, 0.25) is 0 Å². The molecule has 0 heterocycles. The van der Waals surface area contributed by atoms with Gasteiger partial charge in [0.05, 0.1) is 19.8 Å². The van der Waals surface area contributed by atoms with Crippen LogP contribution in [0.4, 0.5) is 4.39 Å². The fourth-order valence-electron chi connectivity index (χ4n) is 2.18. The molecule has 0 aliphatic heterocycles. The molecule has 0 aromatic heterocycles. The Kier molecular flexibility index (Phi) is 5.81. The number of hydrogen-bond donors (Lipinski definition) is 0. The quantitative estimate of drug-likeness (QED) is 0.681. The molecule has 4 nitrogen and oxygen atoms in total. The maximum atomic E-state index is 13.7. The van der Waals surface area contributed by atoms with Crippen LogP contribution in [0.2, 0.25) is 0 Å². The molecule has 0 N–H and O–H groups in total. The fourth-order valence-corrected chi connectivity index (χ4v) is 2.85. The summed E-state index contributed by atoms with van der Waals surface area (Å²) in [6, 6.07) is 9.80. The maximum absolute atomic E-state index is 13.7. The minimum Gasteiger partial charge on any atom is -0.493 e. The van der Waals surface area contributed by atoms with Crippen molar-refractivity contribution in [1.82, 2.24) is 4.90 Å². The summed E-state index contributed by atoms with van der Waals surface area (Å²) < 4.78 is 24.9. The first-order valence-electron chi connectivity index (χ1n) is 6.88. The van der Waals surface area contributed by atoms with Crippen molar-refractivity contribution in [2.45, 2.75) is 6.54 Å². The number of halogens is 2. The van der Waals surface area contributed by atoms with Gasteiger partial charge in [-0.3, -0.25) is 4.79 Å². The van der Waals surface area contributed by atoms with Gasteiger partial charge in [0.15, 0.2) is 11.5 Å². The molecule has 2 aromatic carbocycles. The van der Waals surface area contributed by atoms with Crippen molar-refractivity contribution in [3.8, 4) is 11.5 Å². The highest BCUT2D eigenvalue weighted by Gasteiger charge is 2.19. The molecule has 0 radical (unpaired) electrons. The first-order chi connectivity index (χ1) is 11.0. The maximum Gasteiger partial charge on any atom is 0.255 e. The van der Waals surface area contributed by atoms with Gasteiger partial charge in [0.25, 0.3) is 5.91 Å². The molecule has 0 fully saturated rings. The van der Waals surface area contributed by atoms with Crippen LogP contribution in [-0.2, 0) is 6.54 Å². The summed E-state index contributed by atoms with van der Waals surface area (Å²) in [6.45, 7) is 0.190. The van der Waals surface area contributed by atoms with E-state index in [9.17, 15) is 9.18 Å². The predicted molar refractivity (Wildman–Crippen MR) is 94.5 cm³/mol. The largest absolute Gasteiger partial charge is 0.493 e. The molecule has 0 atom stereocenters. The lowest BCUT2D eigenvalue weighted by atomic mass is 10.1. The summed E-state index contributed by atoms with van der Waals surface area (Å²) >= 11 is 2.07. The number of carbonyl (C=O) groups excluding carboxylic acids is 1. The molecule has 2 rings (SSSR count). The minimum atomic E-state index is -0.325. The Morgan fingerprint density at radius 2 is 1.78 bits per heavy atom. The van der Waals surface area contributed by atoms with Crippen LogP contribution in [-0.4, -0.2) is 32.1 Å². The Morgan fingerprint density at radius 3 is 2.39 bits per heavy atom. The highest BCUT2D eigenvalue weighted by molar-refractivity contribution is 14.1. The number of carbonyl (C=O) groups is 1. The first-order valence-corrected chi connectivity index (χ1v) is 7.96. The number of amides is 1. The molecule has 0 saturated heterocycles. The summed E-state index contributed by atoms with van der Waals surface area (Å²) in [7, 11) is 4.70. The summed E-state index contributed by atoms with van der Waals surface area (Å²) in [6.07, 6.45) is 0. The number of ether oxygens (including phenoxy) is 2. The molecule has 6 heteroatoms. The Morgan fingerprint density at radius 1 is 1.17 bits per heavy atom. The van der Waals surface area contributed by atoms with E-state index in [0.717, 1.165) is 3.57 Å². The molecule has 1 amide bonds. The van der Waals surface area contributed by atoms with Crippen molar-refractivity contribution in [1.29, 1.82) is 0 Å². The minimum absolute atomic E-state index is 0.190. The molecule has 0 spiro atoms. The molecular weight excluding hydrogens is 412 g/mol. The van der Waals surface area contributed by atoms with Crippen molar-refractivity contribution < 1.29 is 18.7 Å². The second-order valence-electron chi connectivity index (χ2n) is 4.94. The SMILES string of the molecule is COc1cc(I)c(C(=O)N(C)Cc2ccccc2F)cc1OC. The zero-order valence-corrected chi connectivity index (χ0v) is 15.3. The lowest BCUT2D eigenvalue weighted by Crippen LogP contribution is -2.27. The van der Waals surface area contributed by atoms with Gasteiger partial charge in [-0.15, -0.1) is 0 Å². The van der Waals surface area contributed by atoms with E-state index in [1.165, 1.54) is 18.1 Å². The van der Waals surface area contributed by atoms with E-state index < -0.39 is 0 Å². The van der Waals surface area contributed by atoms with E-state index in [2.05, 4.69) is 22.6 Å². The van der Waals surface area contributed by atoms with Crippen molar-refractivity contribution >= 4 is 28.5 Å². The van der Waals surface area contributed by atoms with Crippen LogP contribution in [0.1, 0.15) is 15.9 Å². The van der Waals surface area contributed by atoms with E-state index in [4.69, 9.17) is 9.47 Å². The standard InChI is InChI=1S/C17H17FINO3/c1-20(10-11-6-4-5-7-13(11)18)17(21)12-8-15(22-2)16(23-3)9-14(12)19/h4-9H,10H2,1-3H3. The molecular formula is C17H17FINO3. The molecule has 0 unspecified atom stereocenters. The number of methoxy groups -OCH3 is 2. The topological polar surface area (TPSA) is 38.8 Å². The van der Waals surface area contributed by atoms with Crippen LogP contribution >= 0.6 is 22.6 Å². The average molecular weight is 429 g/mol. The monoisotopic (exact) mass is 429 g/mol. The molecule has 0 bridgehead atoms. The van der Waals surface area contributed by atoms with E-state index >= 15 is 0 Å². The second-order valence-corrected chi connectivity index (χ2v) is 6.10. The smallest absolute Gasteiger partial charge is 0.255 e. The van der Waals surface area contributed by atoms with Gasteiger partial charge < -0.3 is 14.4 Å². The van der Waals surface area contributed by atoms with Crippen LogP contribution in [0.3, 0.4) is 0 Å². The normalized spacial score (nSPS) is 10.3. The Bertz CT molecular complexity index is 721. The van der Waals surface area contributed by atoms with Crippen molar-refractivity contribution in [2.24, 2.45) is 0 Å². The predicted octanol–water partition coefficient (Wildman–Crippen LogP) is 3.72. The Hall–Kier alpha value is -1.83. The van der Waals surface area contributed by atoms with Gasteiger partial charge in [0.1, 0.15) is 5.82 Å². The van der Waals surface area contributed by atoms with Gasteiger partial charge >= 0.3 is 0 Å². The molecule has 2 aromatic rings. The van der Waals surface area contributed by atoms with E-state index in [0.29, 0.717) is 22.6 Å². The first kappa shape index (κ1) is 17.5. The third-order valence-corrected chi connectivity index (χ3v) is 4.31. The lowest BCUT2D eigenvalue weighted by molar-refractivity contribution is 0.0782. The molecule has 122 valence electrons. The van der Waals surface area contributed by atoms with Crippen LogP contribution < -0.4 is 9.47 Å². The molecule has 0 aliphatic carbocycles. The number of hydrogen-bond acceptors (Lipinski definition) is 3. The molecule has 0 saturated carbocycles. The van der Waals surface area contributed by atoms with Gasteiger partial charge in [-0.1, -0.05) is 18.2 Å². The summed E-state index contributed by atoms with van der Waals surface area (Å²) in [5.74, 6) is 0.508. The van der Waals surface area contributed by atoms with Gasteiger partial charge in [-0.25, -0.2) is 4.39 Å². The van der Waals surface area contributed by atoms with E-state index in [-0.39, 0.29) is 18.3 Å². The zero-order valence-electron chi connectivity index (χ0n) is 13.1. The summed E-state index contributed by atoms with van der Waals surface area (Å²) in [5, 5.41) is 0. The van der Waals surface area contributed by atoms with Crippen molar-refractivity contribution in [3.05, 3.63) is 56.9 Å². The van der Waals surface area contributed by atoms with Crippen LogP contribution in [0.5, 0.6) is 11.5 Å². The van der Waals surface area contributed by atoms with Gasteiger partial charge in [0, 0.05) is 22.7 Å². The van der Waals surface area contributed by atoms with Crippen LogP contribution in [0, 0.1) is 9.39 Å². The second kappa shape index (κ2) is 7.63. The third kappa shape index (κ3) is 3.93. The third-order valence-electron chi connectivity index (χ3n) is 3.42. The van der Waals surface area contributed by atoms with Gasteiger partial charge in [-0.05, 0) is 40.8 Å².